The van der Waals surface area contributed by atoms with E-state index in [1.165, 1.54) is 6.92 Å². The van der Waals surface area contributed by atoms with Crippen molar-refractivity contribution in [1.82, 2.24) is 4.98 Å². The van der Waals surface area contributed by atoms with E-state index < -0.39 is 23.8 Å². The molecule has 0 saturated carbocycles. The van der Waals surface area contributed by atoms with Gasteiger partial charge in [-0.3, -0.25) is 14.6 Å². The molecular formula is C11H12F3NO4. The SMILES string of the molecule is CCOC(=O)Cc1cc(OC(F)(F)F)[nH]c(=O)c1C. The molecule has 0 aliphatic carbocycles. The lowest BCUT2D eigenvalue weighted by atomic mass is 10.1. The Morgan fingerprint density at radius 3 is 2.58 bits per heavy atom. The summed E-state index contributed by atoms with van der Waals surface area (Å²) in [4.78, 5) is 24.6. The molecule has 0 radical (unpaired) electrons. The second kappa shape index (κ2) is 5.77. The van der Waals surface area contributed by atoms with Gasteiger partial charge in [0.15, 0.2) is 0 Å². The highest BCUT2D eigenvalue weighted by Crippen LogP contribution is 2.21. The predicted molar refractivity (Wildman–Crippen MR) is 58.8 cm³/mol. The van der Waals surface area contributed by atoms with Gasteiger partial charge in [0, 0.05) is 11.6 Å². The monoisotopic (exact) mass is 279 g/mol. The largest absolute Gasteiger partial charge is 0.574 e. The van der Waals surface area contributed by atoms with Gasteiger partial charge >= 0.3 is 12.3 Å². The summed E-state index contributed by atoms with van der Waals surface area (Å²) in [6.07, 6.45) is -5.21. The van der Waals surface area contributed by atoms with Crippen LogP contribution in [-0.2, 0) is 16.0 Å². The second-order valence-electron chi connectivity index (χ2n) is 3.64. The van der Waals surface area contributed by atoms with E-state index in [0.29, 0.717) is 0 Å². The number of aromatic amines is 1. The van der Waals surface area contributed by atoms with Crippen molar-refractivity contribution in [2.75, 3.05) is 6.61 Å². The lowest BCUT2D eigenvalue weighted by Gasteiger charge is -2.11. The summed E-state index contributed by atoms with van der Waals surface area (Å²) in [5, 5.41) is 0. The van der Waals surface area contributed by atoms with Crippen LogP contribution in [0.4, 0.5) is 13.2 Å². The third-order valence-corrected chi connectivity index (χ3v) is 2.23. The zero-order chi connectivity index (χ0) is 14.6. The van der Waals surface area contributed by atoms with Gasteiger partial charge in [-0.1, -0.05) is 0 Å². The lowest BCUT2D eigenvalue weighted by molar-refractivity contribution is -0.276. The van der Waals surface area contributed by atoms with Gasteiger partial charge in [-0.05, 0) is 19.4 Å². The summed E-state index contributed by atoms with van der Waals surface area (Å²) in [5.41, 5.74) is -0.481. The first-order valence-corrected chi connectivity index (χ1v) is 5.37. The van der Waals surface area contributed by atoms with Gasteiger partial charge in [-0.15, -0.1) is 13.2 Å². The fraction of sp³-hybridized carbons (Fsp3) is 0.455. The van der Waals surface area contributed by atoms with Crippen molar-refractivity contribution in [3.63, 3.8) is 0 Å². The van der Waals surface area contributed by atoms with Crippen LogP contribution < -0.4 is 10.3 Å². The Balaban J connectivity index is 3.03. The van der Waals surface area contributed by atoms with Gasteiger partial charge < -0.3 is 9.47 Å². The van der Waals surface area contributed by atoms with Crippen molar-refractivity contribution in [3.05, 3.63) is 27.5 Å². The van der Waals surface area contributed by atoms with Crippen LogP contribution in [0, 0.1) is 6.92 Å². The molecule has 0 bridgehead atoms. The molecule has 0 amide bonds. The van der Waals surface area contributed by atoms with E-state index in [-0.39, 0.29) is 24.2 Å². The van der Waals surface area contributed by atoms with Gasteiger partial charge in [0.1, 0.15) is 0 Å². The summed E-state index contributed by atoms with van der Waals surface area (Å²) in [6.45, 7) is 3.14. The molecule has 1 N–H and O–H groups in total. The zero-order valence-corrected chi connectivity index (χ0v) is 10.3. The standard InChI is InChI=1S/C11H12F3NO4/c1-3-18-9(16)5-7-4-8(19-11(12,13)14)15-10(17)6(7)2/h4H,3,5H2,1-2H3,(H,15,17). The topological polar surface area (TPSA) is 68.4 Å². The number of carbonyl (C=O) groups is 1. The molecule has 1 aromatic rings. The minimum atomic E-state index is -4.92. The number of pyridine rings is 1. The molecule has 106 valence electrons. The zero-order valence-electron chi connectivity index (χ0n) is 10.3. The Morgan fingerprint density at radius 2 is 2.05 bits per heavy atom. The van der Waals surface area contributed by atoms with Crippen molar-refractivity contribution in [2.24, 2.45) is 0 Å². The van der Waals surface area contributed by atoms with Crippen LogP contribution in [0.5, 0.6) is 5.88 Å². The predicted octanol–water partition coefficient (Wildman–Crippen LogP) is 1.69. The molecule has 5 nitrogen and oxygen atoms in total. The number of hydrogen-bond donors (Lipinski definition) is 1. The maximum atomic E-state index is 12.1. The molecule has 0 unspecified atom stereocenters. The van der Waals surface area contributed by atoms with Crippen molar-refractivity contribution in [3.8, 4) is 5.88 Å². The van der Waals surface area contributed by atoms with E-state index in [4.69, 9.17) is 0 Å². The van der Waals surface area contributed by atoms with Crippen LogP contribution in [0.2, 0.25) is 0 Å². The molecule has 0 aromatic carbocycles. The number of hydrogen-bond acceptors (Lipinski definition) is 4. The van der Waals surface area contributed by atoms with Crippen LogP contribution in [0.15, 0.2) is 10.9 Å². The van der Waals surface area contributed by atoms with E-state index in [9.17, 15) is 22.8 Å². The maximum Gasteiger partial charge on any atom is 0.574 e. The van der Waals surface area contributed by atoms with Crippen LogP contribution >= 0.6 is 0 Å². The molecule has 19 heavy (non-hydrogen) atoms. The number of halogens is 3. The summed E-state index contributed by atoms with van der Waals surface area (Å²) in [7, 11) is 0. The minimum absolute atomic E-state index is 0.126. The van der Waals surface area contributed by atoms with Gasteiger partial charge in [-0.25, -0.2) is 0 Å². The quantitative estimate of drug-likeness (QED) is 0.851. The third-order valence-electron chi connectivity index (χ3n) is 2.23. The Bertz CT molecular complexity index is 522. The molecule has 1 rings (SSSR count). The number of rotatable bonds is 4. The number of nitrogens with one attached hydrogen (secondary N) is 1. The Kier molecular flexibility index (Phi) is 4.57. The highest BCUT2D eigenvalue weighted by molar-refractivity contribution is 5.73. The number of H-pyrrole nitrogens is 1. The molecule has 0 atom stereocenters. The smallest absolute Gasteiger partial charge is 0.466 e. The van der Waals surface area contributed by atoms with Gasteiger partial charge in [0.2, 0.25) is 5.88 Å². The van der Waals surface area contributed by atoms with Gasteiger partial charge in [-0.2, -0.15) is 0 Å². The van der Waals surface area contributed by atoms with E-state index in [1.807, 2.05) is 4.98 Å². The first-order chi connectivity index (χ1) is 8.73. The van der Waals surface area contributed by atoms with E-state index in [2.05, 4.69) is 9.47 Å². The summed E-state index contributed by atoms with van der Waals surface area (Å²) in [6, 6.07) is 0.959. The van der Waals surface area contributed by atoms with E-state index in [1.54, 1.807) is 6.92 Å². The summed E-state index contributed by atoms with van der Waals surface area (Å²) >= 11 is 0. The molecule has 0 spiro atoms. The normalized spacial score (nSPS) is 11.2. The molecule has 0 aliphatic rings. The molecule has 1 heterocycles. The van der Waals surface area contributed by atoms with Crippen molar-refractivity contribution in [1.29, 1.82) is 0 Å². The number of alkyl halides is 3. The number of carbonyl (C=O) groups excluding carboxylic acids is 1. The van der Waals surface area contributed by atoms with Gasteiger partial charge in [0.05, 0.1) is 13.0 Å². The van der Waals surface area contributed by atoms with Gasteiger partial charge in [0.25, 0.3) is 5.56 Å². The van der Waals surface area contributed by atoms with Crippen molar-refractivity contribution < 1.29 is 27.4 Å². The molecule has 8 heteroatoms. The van der Waals surface area contributed by atoms with Crippen molar-refractivity contribution in [2.45, 2.75) is 26.6 Å². The highest BCUT2D eigenvalue weighted by atomic mass is 19.4. The van der Waals surface area contributed by atoms with E-state index >= 15 is 0 Å². The number of ether oxygens (including phenoxy) is 2. The first kappa shape index (κ1) is 15.1. The molecule has 0 fully saturated rings. The fourth-order valence-electron chi connectivity index (χ4n) is 1.38. The Morgan fingerprint density at radius 1 is 1.42 bits per heavy atom. The van der Waals surface area contributed by atoms with Crippen molar-refractivity contribution >= 4 is 5.97 Å². The molecule has 1 aromatic heterocycles. The average molecular weight is 279 g/mol. The number of aromatic nitrogens is 1. The lowest BCUT2D eigenvalue weighted by Crippen LogP contribution is -2.22. The molecular weight excluding hydrogens is 267 g/mol. The third kappa shape index (κ3) is 4.65. The minimum Gasteiger partial charge on any atom is -0.466 e. The van der Waals surface area contributed by atoms with Crippen LogP contribution in [0.3, 0.4) is 0 Å². The maximum absolute atomic E-state index is 12.1. The Hall–Kier alpha value is -1.99. The average Bonchev–Trinajstić information content (AvgIpc) is 2.23. The van der Waals surface area contributed by atoms with Crippen LogP contribution in [0.25, 0.3) is 0 Å². The summed E-state index contributed by atoms with van der Waals surface area (Å²) in [5.74, 6) is -1.39. The second-order valence-corrected chi connectivity index (χ2v) is 3.64. The first-order valence-electron chi connectivity index (χ1n) is 5.37. The fourth-order valence-corrected chi connectivity index (χ4v) is 1.38. The van der Waals surface area contributed by atoms with E-state index in [0.717, 1.165) is 6.07 Å². The molecule has 0 saturated heterocycles. The number of esters is 1. The van der Waals surface area contributed by atoms with Crippen LogP contribution in [0.1, 0.15) is 18.1 Å². The molecule has 0 aliphatic heterocycles. The highest BCUT2D eigenvalue weighted by Gasteiger charge is 2.32. The Labute approximate surface area is 106 Å². The summed E-state index contributed by atoms with van der Waals surface area (Å²) < 4.78 is 44.4. The van der Waals surface area contributed by atoms with Crippen LogP contribution in [-0.4, -0.2) is 23.9 Å².